The molecule has 12 heavy (non-hydrogen) atoms. The molecule has 0 bridgehead atoms. The van der Waals surface area contributed by atoms with Gasteiger partial charge >= 0.3 is 0 Å². The predicted octanol–water partition coefficient (Wildman–Crippen LogP) is 0.385. The highest BCUT2D eigenvalue weighted by atomic mass is 79.9. The summed E-state index contributed by atoms with van der Waals surface area (Å²) in [6, 6.07) is 1.66. The maximum Gasteiger partial charge on any atom is 0.137 e. The van der Waals surface area contributed by atoms with Crippen molar-refractivity contribution in [1.29, 1.82) is 0 Å². The average molecular weight is 231 g/mol. The first-order valence-corrected chi connectivity index (χ1v) is 4.31. The summed E-state index contributed by atoms with van der Waals surface area (Å²) < 4.78 is 0.754. The fourth-order valence-corrected chi connectivity index (χ4v) is 1.17. The molecule has 1 unspecified atom stereocenters. The molecule has 0 amide bonds. The largest absolute Gasteiger partial charge is 0.383 e. The van der Waals surface area contributed by atoms with E-state index in [9.17, 15) is 0 Å². The van der Waals surface area contributed by atoms with E-state index in [1.54, 1.807) is 6.20 Å². The summed E-state index contributed by atoms with van der Waals surface area (Å²) in [6.07, 6.45) is 1.64. The number of halogens is 1. The third-order valence-corrected chi connectivity index (χ3v) is 2.21. The Bertz CT molecular complexity index is 276. The van der Waals surface area contributed by atoms with Crippen LogP contribution in [0.15, 0.2) is 16.7 Å². The lowest BCUT2D eigenvalue weighted by molar-refractivity contribution is 0.733. The molecule has 0 aliphatic heterocycles. The molecule has 1 rings (SSSR count). The van der Waals surface area contributed by atoms with Crippen LogP contribution in [0.1, 0.15) is 11.6 Å². The molecule has 6 N–H and O–H groups in total. The van der Waals surface area contributed by atoms with E-state index in [1.807, 2.05) is 6.07 Å². The maximum absolute atomic E-state index is 5.69. The summed E-state index contributed by atoms with van der Waals surface area (Å²) in [6.45, 7) is 0.401. The monoisotopic (exact) mass is 230 g/mol. The number of pyridine rings is 1. The van der Waals surface area contributed by atoms with Gasteiger partial charge in [-0.15, -0.1) is 0 Å². The van der Waals surface area contributed by atoms with Gasteiger partial charge in [0, 0.05) is 18.8 Å². The lowest BCUT2D eigenvalue weighted by atomic mass is 10.1. The first kappa shape index (κ1) is 9.44. The molecule has 1 aromatic rings. The Morgan fingerprint density at radius 1 is 1.58 bits per heavy atom. The highest BCUT2D eigenvalue weighted by molar-refractivity contribution is 9.10. The van der Waals surface area contributed by atoms with Crippen molar-refractivity contribution in [3.05, 3.63) is 22.3 Å². The molecule has 66 valence electrons. The molecule has 1 aromatic heterocycles. The van der Waals surface area contributed by atoms with Gasteiger partial charge in [0.15, 0.2) is 0 Å². The van der Waals surface area contributed by atoms with Crippen LogP contribution in [0.2, 0.25) is 0 Å². The molecule has 0 fully saturated rings. The Balaban J connectivity index is 2.96. The van der Waals surface area contributed by atoms with Crippen LogP contribution in [0, 0.1) is 0 Å². The van der Waals surface area contributed by atoms with Crippen LogP contribution >= 0.6 is 15.9 Å². The van der Waals surface area contributed by atoms with Crippen molar-refractivity contribution in [3.8, 4) is 0 Å². The normalized spacial score (nSPS) is 12.9. The molecule has 1 heterocycles. The molecular weight excluding hydrogens is 220 g/mol. The molecule has 0 aliphatic carbocycles. The van der Waals surface area contributed by atoms with Gasteiger partial charge in [-0.05, 0) is 27.6 Å². The quantitative estimate of drug-likeness (QED) is 0.686. The Labute approximate surface area is 79.3 Å². The van der Waals surface area contributed by atoms with Crippen molar-refractivity contribution in [2.75, 3.05) is 12.3 Å². The number of nitrogens with zero attached hydrogens (tertiary/aromatic N) is 1. The molecule has 0 aromatic carbocycles. The van der Waals surface area contributed by atoms with Crippen molar-refractivity contribution in [2.45, 2.75) is 6.04 Å². The minimum absolute atomic E-state index is 0.172. The maximum atomic E-state index is 5.69. The van der Waals surface area contributed by atoms with E-state index >= 15 is 0 Å². The second-order valence-electron chi connectivity index (χ2n) is 2.48. The zero-order valence-corrected chi connectivity index (χ0v) is 8.08. The first-order chi connectivity index (χ1) is 5.65. The second-order valence-corrected chi connectivity index (χ2v) is 3.33. The summed E-state index contributed by atoms with van der Waals surface area (Å²) in [7, 11) is 0. The summed E-state index contributed by atoms with van der Waals surface area (Å²) in [4.78, 5) is 3.94. The number of nitrogen functional groups attached to an aromatic ring is 1. The topological polar surface area (TPSA) is 91.0 Å². The van der Waals surface area contributed by atoms with Crippen LogP contribution < -0.4 is 17.2 Å². The SMILES string of the molecule is NCC(N)c1cnc(N)c(Br)c1. The molecule has 4 nitrogen and oxygen atoms in total. The average Bonchev–Trinajstić information content (AvgIpc) is 2.08. The highest BCUT2D eigenvalue weighted by Crippen LogP contribution is 2.20. The van der Waals surface area contributed by atoms with Gasteiger partial charge in [-0.25, -0.2) is 4.98 Å². The third-order valence-electron chi connectivity index (χ3n) is 1.57. The van der Waals surface area contributed by atoms with Crippen LogP contribution in [-0.4, -0.2) is 11.5 Å². The zero-order valence-electron chi connectivity index (χ0n) is 6.50. The first-order valence-electron chi connectivity index (χ1n) is 3.51. The van der Waals surface area contributed by atoms with Crippen LogP contribution in [0.5, 0.6) is 0 Å². The number of rotatable bonds is 2. The summed E-state index contributed by atoms with van der Waals surface area (Å²) in [5.41, 5.74) is 17.5. The minimum atomic E-state index is -0.172. The van der Waals surface area contributed by atoms with Crippen molar-refractivity contribution in [1.82, 2.24) is 4.98 Å². The predicted molar refractivity (Wildman–Crippen MR) is 52.3 cm³/mol. The van der Waals surface area contributed by atoms with E-state index in [2.05, 4.69) is 20.9 Å². The number of aromatic nitrogens is 1. The highest BCUT2D eigenvalue weighted by Gasteiger charge is 2.05. The van der Waals surface area contributed by atoms with E-state index in [-0.39, 0.29) is 6.04 Å². The zero-order chi connectivity index (χ0) is 9.14. The van der Waals surface area contributed by atoms with E-state index in [1.165, 1.54) is 0 Å². The van der Waals surface area contributed by atoms with Gasteiger partial charge in [0.05, 0.1) is 4.47 Å². The standard InChI is InChI=1S/C7H11BrN4/c8-5-1-4(6(10)2-9)3-12-7(5)11/h1,3,6H,2,9-10H2,(H2,11,12). The van der Waals surface area contributed by atoms with E-state index in [0.717, 1.165) is 10.0 Å². The van der Waals surface area contributed by atoms with Crippen LogP contribution in [0.3, 0.4) is 0 Å². The Morgan fingerprint density at radius 2 is 2.25 bits per heavy atom. The van der Waals surface area contributed by atoms with Gasteiger partial charge in [-0.2, -0.15) is 0 Å². The van der Waals surface area contributed by atoms with Crippen LogP contribution in [0.4, 0.5) is 5.82 Å². The van der Waals surface area contributed by atoms with Gasteiger partial charge in [0.2, 0.25) is 0 Å². The van der Waals surface area contributed by atoms with E-state index in [4.69, 9.17) is 17.2 Å². The van der Waals surface area contributed by atoms with Gasteiger partial charge in [-0.1, -0.05) is 0 Å². The number of hydrogen-bond donors (Lipinski definition) is 3. The van der Waals surface area contributed by atoms with Crippen molar-refractivity contribution in [3.63, 3.8) is 0 Å². The molecule has 0 saturated carbocycles. The van der Waals surface area contributed by atoms with Crippen molar-refractivity contribution < 1.29 is 0 Å². The molecular formula is C7H11BrN4. The summed E-state index contributed by atoms with van der Waals surface area (Å²) in [5.74, 6) is 0.461. The molecule has 0 radical (unpaired) electrons. The fraction of sp³-hybridized carbons (Fsp3) is 0.286. The van der Waals surface area contributed by atoms with Crippen molar-refractivity contribution in [2.24, 2.45) is 11.5 Å². The number of anilines is 1. The third kappa shape index (κ3) is 1.94. The lowest BCUT2D eigenvalue weighted by Gasteiger charge is -2.09. The minimum Gasteiger partial charge on any atom is -0.383 e. The smallest absolute Gasteiger partial charge is 0.137 e. The van der Waals surface area contributed by atoms with E-state index < -0.39 is 0 Å². The lowest BCUT2D eigenvalue weighted by Crippen LogP contribution is -2.20. The van der Waals surface area contributed by atoms with Crippen molar-refractivity contribution >= 4 is 21.7 Å². The Morgan fingerprint density at radius 3 is 2.75 bits per heavy atom. The fourth-order valence-electron chi connectivity index (χ4n) is 0.802. The second kappa shape index (κ2) is 3.84. The van der Waals surface area contributed by atoms with Gasteiger partial charge in [-0.3, -0.25) is 0 Å². The van der Waals surface area contributed by atoms with Gasteiger partial charge in [0.25, 0.3) is 0 Å². The molecule has 1 atom stereocenters. The van der Waals surface area contributed by atoms with Gasteiger partial charge in [0.1, 0.15) is 5.82 Å². The molecule has 0 spiro atoms. The number of hydrogen-bond acceptors (Lipinski definition) is 4. The van der Waals surface area contributed by atoms with Gasteiger partial charge < -0.3 is 17.2 Å². The Hall–Kier alpha value is -0.650. The van der Waals surface area contributed by atoms with E-state index in [0.29, 0.717) is 12.4 Å². The Kier molecular flexibility index (Phi) is 3.02. The van der Waals surface area contributed by atoms with Crippen LogP contribution in [-0.2, 0) is 0 Å². The number of nitrogens with two attached hydrogens (primary N) is 3. The molecule has 5 heteroatoms. The summed E-state index contributed by atoms with van der Waals surface area (Å²) >= 11 is 3.26. The molecule has 0 aliphatic rings. The van der Waals surface area contributed by atoms with Crippen LogP contribution in [0.25, 0.3) is 0 Å². The summed E-state index contributed by atoms with van der Waals surface area (Å²) in [5, 5.41) is 0. The molecule has 0 saturated heterocycles.